The normalized spacial score (nSPS) is 12.0. The Balaban J connectivity index is 2.10. The third-order valence-corrected chi connectivity index (χ3v) is 4.22. The van der Waals surface area contributed by atoms with Crippen LogP contribution in [0.25, 0.3) is 10.8 Å². The van der Waals surface area contributed by atoms with E-state index in [9.17, 15) is 18.6 Å². The van der Waals surface area contributed by atoms with Gasteiger partial charge in [-0.1, -0.05) is 24.3 Å². The fraction of sp³-hybridized carbons (Fsp3) is 0. The molecule has 3 N–H and O–H groups in total. The molecule has 24 heavy (non-hydrogen) atoms. The van der Waals surface area contributed by atoms with Gasteiger partial charge in [-0.15, -0.1) is 10.2 Å². The summed E-state index contributed by atoms with van der Waals surface area (Å²) in [6.07, 6.45) is 0. The Morgan fingerprint density at radius 2 is 1.46 bits per heavy atom. The molecule has 3 aromatic carbocycles. The first-order valence-electron chi connectivity index (χ1n) is 6.79. The van der Waals surface area contributed by atoms with Crippen LogP contribution in [0.15, 0.2) is 69.7 Å². The highest BCUT2D eigenvalue weighted by atomic mass is 32.2. The topological polar surface area (TPSA) is 120 Å². The van der Waals surface area contributed by atoms with Crippen LogP contribution in [-0.2, 0) is 10.1 Å². The molecule has 0 aliphatic rings. The van der Waals surface area contributed by atoms with Crippen LogP contribution in [0.4, 0.5) is 11.4 Å². The summed E-state index contributed by atoms with van der Waals surface area (Å²) < 4.78 is 31.4. The molecule has 0 saturated carbocycles. The molecular weight excluding hydrogens is 332 g/mol. The van der Waals surface area contributed by atoms with Crippen molar-refractivity contribution in [3.05, 3.63) is 54.6 Å². The molecule has 0 aromatic heterocycles. The predicted octanol–water partition coefficient (Wildman–Crippen LogP) is 3.91. The van der Waals surface area contributed by atoms with Crippen LogP contribution in [0.1, 0.15) is 0 Å². The van der Waals surface area contributed by atoms with Gasteiger partial charge in [0.2, 0.25) is 0 Å². The highest BCUT2D eigenvalue weighted by molar-refractivity contribution is 7.85. The third kappa shape index (κ3) is 3.05. The van der Waals surface area contributed by atoms with E-state index in [2.05, 4.69) is 10.2 Å². The Kier molecular flexibility index (Phi) is 3.92. The van der Waals surface area contributed by atoms with Crippen molar-refractivity contribution in [1.82, 2.24) is 0 Å². The second-order valence-electron chi connectivity index (χ2n) is 4.98. The number of phenolic OH excluding ortho intramolecular Hbond substituents is 2. The van der Waals surface area contributed by atoms with Crippen molar-refractivity contribution >= 4 is 32.3 Å². The average molecular weight is 344 g/mol. The number of nitrogens with zero attached hydrogens (tertiary/aromatic N) is 2. The van der Waals surface area contributed by atoms with Crippen molar-refractivity contribution in [3.8, 4) is 11.5 Å². The fourth-order valence-electron chi connectivity index (χ4n) is 2.24. The molecule has 0 bridgehead atoms. The van der Waals surface area contributed by atoms with Gasteiger partial charge in [0.25, 0.3) is 10.1 Å². The molecule has 8 heteroatoms. The molecule has 0 amide bonds. The minimum atomic E-state index is -4.42. The standard InChI is InChI=1S/C16H12N2O5S/c19-14-8-7-11(24(21,22)23)9-13(14)18-17-12-5-1-3-10-4-2-6-15(20)16(10)12/h1-9,19-20H,(H,21,22,23). The molecule has 3 rings (SSSR count). The lowest BCUT2D eigenvalue weighted by Gasteiger charge is -2.04. The Morgan fingerprint density at radius 3 is 2.17 bits per heavy atom. The van der Waals surface area contributed by atoms with E-state index in [1.54, 1.807) is 30.3 Å². The van der Waals surface area contributed by atoms with E-state index in [-0.39, 0.29) is 17.2 Å². The average Bonchev–Trinajstić information content (AvgIpc) is 2.53. The molecule has 0 radical (unpaired) electrons. The number of hydrogen-bond donors (Lipinski definition) is 3. The lowest BCUT2D eigenvalue weighted by Crippen LogP contribution is -1.96. The second-order valence-corrected chi connectivity index (χ2v) is 6.40. The van der Waals surface area contributed by atoms with Gasteiger partial charge in [0.1, 0.15) is 17.2 Å². The van der Waals surface area contributed by atoms with Crippen molar-refractivity contribution in [1.29, 1.82) is 0 Å². The summed E-state index contributed by atoms with van der Waals surface area (Å²) in [6.45, 7) is 0. The van der Waals surface area contributed by atoms with Crippen LogP contribution in [0, 0.1) is 0 Å². The van der Waals surface area contributed by atoms with Gasteiger partial charge >= 0.3 is 0 Å². The summed E-state index contributed by atoms with van der Waals surface area (Å²) in [5.74, 6) is -0.270. The predicted molar refractivity (Wildman–Crippen MR) is 87.7 cm³/mol. The van der Waals surface area contributed by atoms with Gasteiger partial charge < -0.3 is 10.2 Å². The number of rotatable bonds is 3. The largest absolute Gasteiger partial charge is 0.507 e. The molecule has 0 atom stereocenters. The molecular formula is C16H12N2O5S. The highest BCUT2D eigenvalue weighted by Crippen LogP contribution is 2.36. The first-order chi connectivity index (χ1) is 11.4. The Morgan fingerprint density at radius 1 is 0.792 bits per heavy atom. The van der Waals surface area contributed by atoms with E-state index in [0.29, 0.717) is 11.1 Å². The Bertz CT molecular complexity index is 1060. The third-order valence-electron chi connectivity index (χ3n) is 3.37. The van der Waals surface area contributed by atoms with E-state index in [0.717, 1.165) is 23.6 Å². The molecule has 0 aliphatic carbocycles. The SMILES string of the molecule is O=S(=O)(O)c1ccc(O)c(N=Nc2cccc3cccc(O)c23)c1. The van der Waals surface area contributed by atoms with Crippen molar-refractivity contribution < 1.29 is 23.2 Å². The van der Waals surface area contributed by atoms with Gasteiger partial charge in [-0.3, -0.25) is 4.55 Å². The van der Waals surface area contributed by atoms with Crippen LogP contribution in [0.2, 0.25) is 0 Å². The number of fused-ring (bicyclic) bond motifs is 1. The van der Waals surface area contributed by atoms with Gasteiger partial charge in [-0.25, -0.2) is 0 Å². The van der Waals surface area contributed by atoms with Gasteiger partial charge in [0.05, 0.1) is 16.0 Å². The Hall–Kier alpha value is -2.97. The first kappa shape index (κ1) is 15.9. The van der Waals surface area contributed by atoms with E-state index >= 15 is 0 Å². The minimum absolute atomic E-state index is 0.0259. The van der Waals surface area contributed by atoms with E-state index in [1.807, 2.05) is 0 Å². The molecule has 0 spiro atoms. The lowest BCUT2D eigenvalue weighted by atomic mass is 10.1. The minimum Gasteiger partial charge on any atom is -0.507 e. The van der Waals surface area contributed by atoms with Gasteiger partial charge in [0, 0.05) is 0 Å². The summed E-state index contributed by atoms with van der Waals surface area (Å²) in [4.78, 5) is -0.407. The van der Waals surface area contributed by atoms with Crippen LogP contribution < -0.4 is 0 Å². The van der Waals surface area contributed by atoms with E-state index in [4.69, 9.17) is 4.55 Å². The summed E-state index contributed by atoms with van der Waals surface area (Å²) in [5.41, 5.74) is 0.222. The quantitative estimate of drug-likeness (QED) is 0.491. The van der Waals surface area contributed by atoms with Gasteiger partial charge in [0.15, 0.2) is 0 Å². The number of aromatic hydroxyl groups is 2. The Labute approximate surface area is 137 Å². The molecule has 0 unspecified atom stereocenters. The number of phenols is 2. The second kappa shape index (κ2) is 5.91. The van der Waals surface area contributed by atoms with Crippen LogP contribution in [0.3, 0.4) is 0 Å². The maximum absolute atomic E-state index is 11.2. The number of benzene rings is 3. The molecule has 122 valence electrons. The summed E-state index contributed by atoms with van der Waals surface area (Å²) in [7, 11) is -4.42. The van der Waals surface area contributed by atoms with Crippen molar-refractivity contribution in [3.63, 3.8) is 0 Å². The summed E-state index contributed by atoms with van der Waals surface area (Å²) >= 11 is 0. The van der Waals surface area contributed by atoms with Gasteiger partial charge in [-0.05, 0) is 35.7 Å². The smallest absolute Gasteiger partial charge is 0.294 e. The fourth-order valence-corrected chi connectivity index (χ4v) is 2.74. The van der Waals surface area contributed by atoms with Crippen molar-refractivity contribution in [2.75, 3.05) is 0 Å². The van der Waals surface area contributed by atoms with E-state index < -0.39 is 15.0 Å². The van der Waals surface area contributed by atoms with Crippen molar-refractivity contribution in [2.45, 2.75) is 4.90 Å². The summed E-state index contributed by atoms with van der Waals surface area (Å²) in [5, 5.41) is 28.8. The van der Waals surface area contributed by atoms with Crippen molar-refractivity contribution in [2.24, 2.45) is 10.2 Å². The van der Waals surface area contributed by atoms with Crippen LogP contribution in [-0.4, -0.2) is 23.2 Å². The van der Waals surface area contributed by atoms with Gasteiger partial charge in [-0.2, -0.15) is 8.42 Å². The zero-order chi connectivity index (χ0) is 17.3. The zero-order valence-electron chi connectivity index (χ0n) is 12.2. The van der Waals surface area contributed by atoms with E-state index in [1.165, 1.54) is 6.07 Å². The molecule has 0 saturated heterocycles. The number of azo groups is 1. The maximum Gasteiger partial charge on any atom is 0.294 e. The summed E-state index contributed by atoms with van der Waals surface area (Å²) in [6, 6.07) is 13.3. The molecule has 3 aromatic rings. The van der Waals surface area contributed by atoms with Crippen LogP contribution in [0.5, 0.6) is 11.5 Å². The highest BCUT2D eigenvalue weighted by Gasteiger charge is 2.12. The number of hydrogen-bond acceptors (Lipinski definition) is 6. The maximum atomic E-state index is 11.2. The van der Waals surface area contributed by atoms with Crippen LogP contribution >= 0.6 is 0 Å². The monoisotopic (exact) mass is 344 g/mol. The molecule has 7 nitrogen and oxygen atoms in total. The first-order valence-corrected chi connectivity index (χ1v) is 8.23. The molecule has 0 aliphatic heterocycles. The zero-order valence-corrected chi connectivity index (χ0v) is 13.0. The lowest BCUT2D eigenvalue weighted by molar-refractivity contribution is 0.473. The molecule has 0 fully saturated rings. The molecule has 0 heterocycles.